The molecule has 0 aromatic carbocycles. The van der Waals surface area contributed by atoms with Gasteiger partial charge >= 0.3 is 0 Å². The highest BCUT2D eigenvalue weighted by Crippen LogP contribution is 2.31. The fourth-order valence-electron chi connectivity index (χ4n) is 3.56. The zero-order chi connectivity index (χ0) is 18.5. The van der Waals surface area contributed by atoms with E-state index >= 15 is 0 Å². The van der Waals surface area contributed by atoms with Gasteiger partial charge < -0.3 is 0 Å². The minimum absolute atomic E-state index is 0.136. The number of aryl methyl sites for hydroxylation is 3. The lowest BCUT2D eigenvalue weighted by atomic mass is 9.97. The van der Waals surface area contributed by atoms with Crippen LogP contribution in [-0.4, -0.2) is 55.8 Å². The van der Waals surface area contributed by atoms with Crippen LogP contribution in [0.4, 0.5) is 0 Å². The van der Waals surface area contributed by atoms with Crippen LogP contribution in [0.15, 0.2) is 17.0 Å². The second-order valence-electron chi connectivity index (χ2n) is 6.74. The summed E-state index contributed by atoms with van der Waals surface area (Å²) in [5.74, 6) is 0.939. The number of piperidine rings is 1. The van der Waals surface area contributed by atoms with Crippen molar-refractivity contribution in [3.05, 3.63) is 35.0 Å². The molecule has 1 fully saturated rings. The molecule has 0 saturated carbocycles. The lowest BCUT2D eigenvalue weighted by Gasteiger charge is -2.30. The largest absolute Gasteiger partial charge is 0.281 e. The van der Waals surface area contributed by atoms with Gasteiger partial charge in [-0.1, -0.05) is 0 Å². The van der Waals surface area contributed by atoms with E-state index in [0.29, 0.717) is 47.9 Å². The van der Waals surface area contributed by atoms with Crippen molar-refractivity contribution in [2.45, 2.75) is 44.4 Å². The van der Waals surface area contributed by atoms with Crippen molar-refractivity contribution < 1.29 is 8.42 Å². The highest BCUT2D eigenvalue weighted by Gasteiger charge is 2.34. The van der Waals surface area contributed by atoms with Gasteiger partial charge in [0, 0.05) is 19.0 Å². The van der Waals surface area contributed by atoms with Crippen molar-refractivity contribution in [1.29, 1.82) is 0 Å². The molecule has 0 spiro atoms. The Kier molecular flexibility index (Phi) is 4.03. The second-order valence-corrected chi connectivity index (χ2v) is 8.62. The molecule has 4 heterocycles. The van der Waals surface area contributed by atoms with Crippen LogP contribution in [0, 0.1) is 20.8 Å². The molecule has 10 heteroatoms. The monoisotopic (exact) mass is 375 g/mol. The third kappa shape index (κ3) is 2.69. The Hall–Kier alpha value is -2.33. The number of H-pyrrole nitrogens is 1. The standard InChI is InChI=1S/C16H21N7O2S/c1-10-4-5-14-19-20-16(23(14)21-10)13-6-8-22(9-7-13)26(24,25)15-11(2)17-18-12(15)3/h4-5,13H,6-9H2,1-3H3,(H,17,18). The maximum absolute atomic E-state index is 13.0. The lowest BCUT2D eigenvalue weighted by Crippen LogP contribution is -2.38. The van der Waals surface area contributed by atoms with E-state index in [9.17, 15) is 8.42 Å². The van der Waals surface area contributed by atoms with Crippen LogP contribution in [0.1, 0.15) is 41.7 Å². The third-order valence-corrected chi connectivity index (χ3v) is 7.06. The number of aromatic amines is 1. The van der Waals surface area contributed by atoms with Gasteiger partial charge in [0.25, 0.3) is 0 Å². The number of aromatic nitrogens is 6. The fraction of sp³-hybridized carbons (Fsp3) is 0.500. The average molecular weight is 375 g/mol. The first-order valence-corrected chi connectivity index (χ1v) is 10.0. The Balaban J connectivity index is 1.56. The summed E-state index contributed by atoms with van der Waals surface area (Å²) < 4.78 is 29.2. The van der Waals surface area contributed by atoms with Crippen molar-refractivity contribution in [3.8, 4) is 0 Å². The minimum atomic E-state index is -3.54. The fourth-order valence-corrected chi connectivity index (χ4v) is 5.36. The Morgan fingerprint density at radius 3 is 2.50 bits per heavy atom. The van der Waals surface area contributed by atoms with Crippen molar-refractivity contribution >= 4 is 15.7 Å². The summed E-state index contributed by atoms with van der Waals surface area (Å²) in [6.45, 7) is 6.25. The maximum Gasteiger partial charge on any atom is 0.246 e. The van der Waals surface area contributed by atoms with E-state index in [0.717, 1.165) is 11.5 Å². The number of rotatable bonds is 3. The number of sulfonamides is 1. The van der Waals surface area contributed by atoms with E-state index in [-0.39, 0.29) is 5.92 Å². The summed E-state index contributed by atoms with van der Waals surface area (Å²) in [5, 5.41) is 19.7. The Morgan fingerprint density at radius 1 is 1.12 bits per heavy atom. The number of hydrogen-bond acceptors (Lipinski definition) is 6. The first-order chi connectivity index (χ1) is 12.4. The molecule has 9 nitrogen and oxygen atoms in total. The summed E-state index contributed by atoms with van der Waals surface area (Å²) >= 11 is 0. The molecule has 0 amide bonds. The van der Waals surface area contributed by atoms with Crippen molar-refractivity contribution in [2.24, 2.45) is 0 Å². The molecule has 1 N–H and O–H groups in total. The van der Waals surface area contributed by atoms with Crippen LogP contribution in [0.3, 0.4) is 0 Å². The highest BCUT2D eigenvalue weighted by molar-refractivity contribution is 7.89. The smallest absolute Gasteiger partial charge is 0.246 e. The molecule has 3 aromatic rings. The number of fused-ring (bicyclic) bond motifs is 1. The van der Waals surface area contributed by atoms with Gasteiger partial charge in [0.2, 0.25) is 10.0 Å². The van der Waals surface area contributed by atoms with E-state index in [1.807, 2.05) is 19.1 Å². The molecule has 3 aromatic heterocycles. The summed E-state index contributed by atoms with van der Waals surface area (Å²) in [6.07, 6.45) is 1.37. The van der Waals surface area contributed by atoms with Gasteiger partial charge in [-0.3, -0.25) is 5.10 Å². The van der Waals surface area contributed by atoms with E-state index < -0.39 is 10.0 Å². The Labute approximate surface area is 151 Å². The summed E-state index contributed by atoms with van der Waals surface area (Å²) in [4.78, 5) is 0.293. The van der Waals surface area contributed by atoms with Crippen molar-refractivity contribution in [2.75, 3.05) is 13.1 Å². The van der Waals surface area contributed by atoms with Gasteiger partial charge in [-0.25, -0.2) is 8.42 Å². The van der Waals surface area contributed by atoms with Crippen LogP contribution in [0.5, 0.6) is 0 Å². The Morgan fingerprint density at radius 2 is 1.85 bits per heavy atom. The van der Waals surface area contributed by atoms with Crippen LogP contribution in [0.25, 0.3) is 5.65 Å². The predicted octanol–water partition coefficient (Wildman–Crippen LogP) is 1.34. The van der Waals surface area contributed by atoms with Crippen LogP contribution in [0.2, 0.25) is 0 Å². The molecule has 1 aliphatic rings. The summed E-state index contributed by atoms with van der Waals surface area (Å²) in [7, 11) is -3.54. The van der Waals surface area contributed by atoms with Crippen molar-refractivity contribution in [3.63, 3.8) is 0 Å². The van der Waals surface area contributed by atoms with Gasteiger partial charge in [-0.15, -0.1) is 10.2 Å². The third-order valence-electron chi connectivity index (χ3n) is 4.90. The first kappa shape index (κ1) is 17.1. The highest BCUT2D eigenvalue weighted by atomic mass is 32.2. The molecule has 1 aliphatic heterocycles. The average Bonchev–Trinajstić information content (AvgIpc) is 3.18. The summed E-state index contributed by atoms with van der Waals surface area (Å²) in [6, 6.07) is 3.79. The molecule has 26 heavy (non-hydrogen) atoms. The maximum atomic E-state index is 13.0. The van der Waals surface area contributed by atoms with E-state index in [1.165, 1.54) is 4.31 Å². The number of nitrogens with one attached hydrogen (secondary N) is 1. The van der Waals surface area contributed by atoms with E-state index in [1.54, 1.807) is 18.4 Å². The molecular formula is C16H21N7O2S. The molecule has 0 bridgehead atoms. The minimum Gasteiger partial charge on any atom is -0.281 e. The van der Waals surface area contributed by atoms with E-state index in [4.69, 9.17) is 0 Å². The lowest BCUT2D eigenvalue weighted by molar-refractivity contribution is 0.311. The van der Waals surface area contributed by atoms with Gasteiger partial charge in [-0.05, 0) is 45.7 Å². The molecule has 1 saturated heterocycles. The second kappa shape index (κ2) is 6.13. The molecule has 0 radical (unpaired) electrons. The molecule has 0 unspecified atom stereocenters. The molecular weight excluding hydrogens is 354 g/mol. The normalized spacial score (nSPS) is 17.2. The van der Waals surface area contributed by atoms with Crippen LogP contribution in [-0.2, 0) is 10.0 Å². The summed E-state index contributed by atoms with van der Waals surface area (Å²) in [5.41, 5.74) is 2.69. The van der Waals surface area contributed by atoms with Crippen molar-refractivity contribution in [1.82, 2.24) is 34.3 Å². The zero-order valence-electron chi connectivity index (χ0n) is 15.0. The molecule has 138 valence electrons. The van der Waals surface area contributed by atoms with Gasteiger partial charge in [0.05, 0.1) is 17.1 Å². The quantitative estimate of drug-likeness (QED) is 0.740. The molecule has 4 rings (SSSR count). The SMILES string of the molecule is Cc1ccc2nnc(C3CCN(S(=O)(=O)c4c(C)n[nH]c4C)CC3)n2n1. The zero-order valence-corrected chi connectivity index (χ0v) is 15.8. The molecule has 0 atom stereocenters. The van der Waals surface area contributed by atoms with Crippen LogP contribution < -0.4 is 0 Å². The topological polar surface area (TPSA) is 109 Å². The molecule has 0 aliphatic carbocycles. The van der Waals surface area contributed by atoms with Gasteiger partial charge in [0.1, 0.15) is 4.90 Å². The van der Waals surface area contributed by atoms with Gasteiger partial charge in [-0.2, -0.15) is 19.0 Å². The van der Waals surface area contributed by atoms with E-state index in [2.05, 4.69) is 25.5 Å². The number of hydrogen-bond donors (Lipinski definition) is 1. The first-order valence-electron chi connectivity index (χ1n) is 8.58. The number of nitrogens with zero attached hydrogens (tertiary/aromatic N) is 6. The van der Waals surface area contributed by atoms with Gasteiger partial charge in [0.15, 0.2) is 11.5 Å². The predicted molar refractivity (Wildman–Crippen MR) is 94.3 cm³/mol. The van der Waals surface area contributed by atoms with Crippen LogP contribution >= 0.6 is 0 Å². The Bertz CT molecular complexity index is 1040.